The van der Waals surface area contributed by atoms with Gasteiger partial charge in [0.05, 0.1) is 12.0 Å². The van der Waals surface area contributed by atoms with Gasteiger partial charge in [0.25, 0.3) is 0 Å². The second-order valence-electron chi connectivity index (χ2n) is 4.31. The summed E-state index contributed by atoms with van der Waals surface area (Å²) in [7, 11) is 0. The summed E-state index contributed by atoms with van der Waals surface area (Å²) in [4.78, 5) is 11.5. The molecule has 0 aromatic carbocycles. The van der Waals surface area contributed by atoms with Crippen LogP contribution in [-0.4, -0.2) is 25.3 Å². The first-order chi connectivity index (χ1) is 7.24. The molecule has 88 valence electrons. The molecule has 0 N–H and O–H groups in total. The highest BCUT2D eigenvalue weighted by molar-refractivity contribution is 5.71. The Bertz CT molecular complexity index is 185. The van der Waals surface area contributed by atoms with Crippen LogP contribution in [0.1, 0.15) is 46.0 Å². The topological polar surface area (TPSA) is 35.5 Å². The largest absolute Gasteiger partial charge is 0.463 e. The molecular formula is C12H22O3. The SMILES string of the molecule is CCCC(C)C(=O)OCC1CCCCO1. The van der Waals surface area contributed by atoms with Crippen LogP contribution < -0.4 is 0 Å². The predicted molar refractivity (Wildman–Crippen MR) is 58.6 cm³/mol. The van der Waals surface area contributed by atoms with Crippen LogP contribution in [0, 0.1) is 5.92 Å². The molecule has 0 spiro atoms. The van der Waals surface area contributed by atoms with Gasteiger partial charge in [-0.25, -0.2) is 0 Å². The molecular weight excluding hydrogens is 192 g/mol. The van der Waals surface area contributed by atoms with Crippen molar-refractivity contribution in [1.29, 1.82) is 0 Å². The maximum Gasteiger partial charge on any atom is 0.308 e. The fourth-order valence-corrected chi connectivity index (χ4v) is 1.81. The molecule has 0 saturated carbocycles. The molecule has 3 heteroatoms. The number of rotatable bonds is 5. The van der Waals surface area contributed by atoms with Gasteiger partial charge in [0.2, 0.25) is 0 Å². The zero-order valence-electron chi connectivity index (χ0n) is 9.83. The van der Waals surface area contributed by atoms with Gasteiger partial charge in [-0.1, -0.05) is 20.3 Å². The van der Waals surface area contributed by atoms with Gasteiger partial charge in [-0.3, -0.25) is 4.79 Å². The zero-order valence-corrected chi connectivity index (χ0v) is 9.83. The average Bonchev–Trinajstić information content (AvgIpc) is 2.27. The van der Waals surface area contributed by atoms with Crippen molar-refractivity contribution in [3.8, 4) is 0 Å². The van der Waals surface area contributed by atoms with Crippen molar-refractivity contribution in [2.45, 2.75) is 52.1 Å². The first-order valence-corrected chi connectivity index (χ1v) is 6.02. The molecule has 0 bridgehead atoms. The molecule has 1 aliphatic heterocycles. The van der Waals surface area contributed by atoms with Crippen LogP contribution in [0.5, 0.6) is 0 Å². The van der Waals surface area contributed by atoms with Crippen molar-refractivity contribution in [3.63, 3.8) is 0 Å². The van der Waals surface area contributed by atoms with E-state index in [-0.39, 0.29) is 18.0 Å². The standard InChI is InChI=1S/C12H22O3/c1-3-6-10(2)12(13)15-9-11-7-4-5-8-14-11/h10-11H,3-9H2,1-2H3. The average molecular weight is 214 g/mol. The van der Waals surface area contributed by atoms with E-state index in [4.69, 9.17) is 9.47 Å². The van der Waals surface area contributed by atoms with Crippen molar-refractivity contribution >= 4 is 5.97 Å². The Morgan fingerprint density at radius 1 is 1.53 bits per heavy atom. The summed E-state index contributed by atoms with van der Waals surface area (Å²) in [6.45, 7) is 5.25. The molecule has 3 nitrogen and oxygen atoms in total. The fraction of sp³-hybridized carbons (Fsp3) is 0.917. The van der Waals surface area contributed by atoms with E-state index >= 15 is 0 Å². The molecule has 2 unspecified atom stereocenters. The summed E-state index contributed by atoms with van der Waals surface area (Å²) in [6.07, 6.45) is 5.41. The first-order valence-electron chi connectivity index (χ1n) is 6.02. The summed E-state index contributed by atoms with van der Waals surface area (Å²) < 4.78 is 10.7. The number of carbonyl (C=O) groups is 1. The van der Waals surface area contributed by atoms with Crippen LogP contribution in [0.4, 0.5) is 0 Å². The first kappa shape index (κ1) is 12.5. The lowest BCUT2D eigenvalue weighted by Crippen LogP contribution is -2.27. The van der Waals surface area contributed by atoms with Crippen molar-refractivity contribution in [3.05, 3.63) is 0 Å². The minimum Gasteiger partial charge on any atom is -0.463 e. The molecule has 0 aliphatic carbocycles. The molecule has 1 saturated heterocycles. The minimum absolute atomic E-state index is 0.0265. The van der Waals surface area contributed by atoms with Gasteiger partial charge in [0, 0.05) is 6.61 Å². The van der Waals surface area contributed by atoms with E-state index in [0.717, 1.165) is 32.3 Å². The summed E-state index contributed by atoms with van der Waals surface area (Å²) in [5.41, 5.74) is 0. The Kier molecular flexibility index (Phi) is 5.69. The van der Waals surface area contributed by atoms with Crippen LogP contribution in [-0.2, 0) is 14.3 Å². The third kappa shape index (κ3) is 4.65. The second-order valence-corrected chi connectivity index (χ2v) is 4.31. The predicted octanol–water partition coefficient (Wildman–Crippen LogP) is 2.53. The summed E-state index contributed by atoms with van der Waals surface area (Å²) in [5.74, 6) is -0.0513. The number of hydrogen-bond acceptors (Lipinski definition) is 3. The van der Waals surface area contributed by atoms with Crippen LogP contribution >= 0.6 is 0 Å². The molecule has 2 atom stereocenters. The monoisotopic (exact) mass is 214 g/mol. The highest BCUT2D eigenvalue weighted by Gasteiger charge is 2.18. The van der Waals surface area contributed by atoms with Crippen LogP contribution in [0.25, 0.3) is 0 Å². The lowest BCUT2D eigenvalue weighted by molar-refractivity contribution is -0.153. The summed E-state index contributed by atoms with van der Waals surface area (Å²) in [5, 5.41) is 0. The Labute approximate surface area is 92.1 Å². The lowest BCUT2D eigenvalue weighted by Gasteiger charge is -2.22. The van der Waals surface area contributed by atoms with E-state index in [1.807, 2.05) is 6.92 Å². The maximum atomic E-state index is 11.5. The third-order valence-corrected chi connectivity index (χ3v) is 2.81. The fourth-order valence-electron chi connectivity index (χ4n) is 1.81. The summed E-state index contributed by atoms with van der Waals surface area (Å²) in [6, 6.07) is 0. The van der Waals surface area contributed by atoms with Gasteiger partial charge in [0.1, 0.15) is 6.61 Å². The van der Waals surface area contributed by atoms with Crippen molar-refractivity contribution in [2.75, 3.05) is 13.2 Å². The van der Waals surface area contributed by atoms with Crippen LogP contribution in [0.3, 0.4) is 0 Å². The molecule has 1 fully saturated rings. The second kappa shape index (κ2) is 6.83. The normalized spacial score (nSPS) is 23.5. The zero-order chi connectivity index (χ0) is 11.1. The molecule has 0 amide bonds. The van der Waals surface area contributed by atoms with E-state index in [9.17, 15) is 4.79 Å². The number of hydrogen-bond donors (Lipinski definition) is 0. The number of esters is 1. The Morgan fingerprint density at radius 2 is 2.33 bits per heavy atom. The smallest absolute Gasteiger partial charge is 0.308 e. The Hall–Kier alpha value is -0.570. The van der Waals surface area contributed by atoms with Crippen molar-refractivity contribution in [1.82, 2.24) is 0 Å². The molecule has 0 aromatic rings. The quantitative estimate of drug-likeness (QED) is 0.660. The van der Waals surface area contributed by atoms with E-state index in [1.54, 1.807) is 0 Å². The molecule has 15 heavy (non-hydrogen) atoms. The molecule has 0 radical (unpaired) electrons. The Morgan fingerprint density at radius 3 is 2.93 bits per heavy atom. The number of carbonyl (C=O) groups excluding carboxylic acids is 1. The maximum absolute atomic E-state index is 11.5. The van der Waals surface area contributed by atoms with Gasteiger partial charge in [0.15, 0.2) is 0 Å². The van der Waals surface area contributed by atoms with Gasteiger partial charge >= 0.3 is 5.97 Å². The Balaban J connectivity index is 2.14. The van der Waals surface area contributed by atoms with Gasteiger partial charge in [-0.2, -0.15) is 0 Å². The lowest BCUT2D eigenvalue weighted by atomic mass is 10.1. The van der Waals surface area contributed by atoms with E-state index in [1.165, 1.54) is 6.42 Å². The highest BCUT2D eigenvalue weighted by Crippen LogP contribution is 2.14. The van der Waals surface area contributed by atoms with E-state index in [0.29, 0.717) is 6.61 Å². The number of ether oxygens (including phenoxy) is 2. The van der Waals surface area contributed by atoms with Gasteiger partial charge in [-0.05, 0) is 25.7 Å². The molecule has 1 rings (SSSR count). The minimum atomic E-state index is -0.0778. The van der Waals surface area contributed by atoms with Crippen molar-refractivity contribution < 1.29 is 14.3 Å². The van der Waals surface area contributed by atoms with Gasteiger partial charge < -0.3 is 9.47 Å². The van der Waals surface area contributed by atoms with Crippen LogP contribution in [0.15, 0.2) is 0 Å². The molecule has 1 heterocycles. The highest BCUT2D eigenvalue weighted by atomic mass is 16.6. The van der Waals surface area contributed by atoms with Gasteiger partial charge in [-0.15, -0.1) is 0 Å². The van der Waals surface area contributed by atoms with Crippen molar-refractivity contribution in [2.24, 2.45) is 5.92 Å². The molecule has 1 aliphatic rings. The van der Waals surface area contributed by atoms with E-state index < -0.39 is 0 Å². The van der Waals surface area contributed by atoms with Crippen LogP contribution in [0.2, 0.25) is 0 Å². The molecule has 0 aromatic heterocycles. The third-order valence-electron chi connectivity index (χ3n) is 2.81. The van der Waals surface area contributed by atoms with E-state index in [2.05, 4.69) is 6.92 Å². The summed E-state index contributed by atoms with van der Waals surface area (Å²) >= 11 is 0.